The molecular formula is C11H14N4O. The van der Waals surface area contributed by atoms with Crippen molar-refractivity contribution in [2.24, 2.45) is 0 Å². The topological polar surface area (TPSA) is 70.7 Å². The first-order chi connectivity index (χ1) is 7.74. The summed E-state index contributed by atoms with van der Waals surface area (Å²) >= 11 is 0. The van der Waals surface area contributed by atoms with E-state index in [9.17, 15) is 4.79 Å². The lowest BCUT2D eigenvalue weighted by Gasteiger charge is -2.07. The van der Waals surface area contributed by atoms with E-state index in [2.05, 4.69) is 26.4 Å². The van der Waals surface area contributed by atoms with Crippen LogP contribution in [0.2, 0.25) is 0 Å². The van der Waals surface area contributed by atoms with Crippen LogP contribution in [0.4, 0.5) is 0 Å². The van der Waals surface area contributed by atoms with Crippen LogP contribution in [0.3, 0.4) is 0 Å². The highest BCUT2D eigenvalue weighted by molar-refractivity contribution is 5.90. The van der Waals surface area contributed by atoms with Gasteiger partial charge < -0.3 is 5.32 Å². The first-order valence-corrected chi connectivity index (χ1v) is 5.44. The van der Waals surface area contributed by atoms with Crippen LogP contribution < -0.4 is 5.32 Å². The van der Waals surface area contributed by atoms with Gasteiger partial charge in [-0.1, -0.05) is 12.8 Å². The minimum atomic E-state index is -0.312. The number of hydrogen-bond acceptors (Lipinski definition) is 3. The fourth-order valence-electron chi connectivity index (χ4n) is 1.40. The molecule has 0 aromatic carbocycles. The Hall–Kier alpha value is -1.83. The number of terminal acetylenes is 1. The number of nitrogens with one attached hydrogen (secondary N) is 2. The van der Waals surface area contributed by atoms with Crippen molar-refractivity contribution in [3.63, 3.8) is 0 Å². The van der Waals surface area contributed by atoms with Crippen LogP contribution in [0, 0.1) is 12.3 Å². The van der Waals surface area contributed by atoms with Crippen molar-refractivity contribution in [3.05, 3.63) is 11.6 Å². The Labute approximate surface area is 94.0 Å². The number of nitrogens with zero attached hydrogens (tertiary/aromatic N) is 2. The van der Waals surface area contributed by atoms with E-state index < -0.39 is 0 Å². The van der Waals surface area contributed by atoms with Gasteiger partial charge in [0.1, 0.15) is 5.82 Å². The molecule has 84 valence electrons. The summed E-state index contributed by atoms with van der Waals surface area (Å²) in [5, 5.41) is 9.35. The van der Waals surface area contributed by atoms with E-state index in [1.165, 1.54) is 0 Å². The van der Waals surface area contributed by atoms with Gasteiger partial charge in [0.2, 0.25) is 5.82 Å². The molecule has 16 heavy (non-hydrogen) atoms. The van der Waals surface area contributed by atoms with E-state index in [-0.39, 0.29) is 17.8 Å². The van der Waals surface area contributed by atoms with Gasteiger partial charge in [-0.15, -0.1) is 11.5 Å². The quantitative estimate of drug-likeness (QED) is 0.735. The molecule has 5 nitrogen and oxygen atoms in total. The summed E-state index contributed by atoms with van der Waals surface area (Å²) in [4.78, 5) is 15.8. The van der Waals surface area contributed by atoms with Crippen molar-refractivity contribution >= 4 is 5.91 Å². The van der Waals surface area contributed by atoms with Crippen molar-refractivity contribution in [3.8, 4) is 12.3 Å². The van der Waals surface area contributed by atoms with Crippen LogP contribution >= 0.6 is 0 Å². The predicted molar refractivity (Wildman–Crippen MR) is 58.7 cm³/mol. The Kier molecular flexibility index (Phi) is 2.91. The van der Waals surface area contributed by atoms with Crippen LogP contribution in [-0.2, 0) is 0 Å². The number of H-pyrrole nitrogens is 1. The Morgan fingerprint density at radius 3 is 3.06 bits per heavy atom. The van der Waals surface area contributed by atoms with E-state index in [1.54, 1.807) is 0 Å². The Bertz CT molecular complexity index is 427. The summed E-state index contributed by atoms with van der Waals surface area (Å²) in [6.07, 6.45) is 8.20. The molecule has 2 rings (SSSR count). The summed E-state index contributed by atoms with van der Waals surface area (Å²) in [6.45, 7) is 1.92. The third-order valence-corrected chi connectivity index (χ3v) is 2.58. The lowest BCUT2D eigenvalue weighted by Crippen LogP contribution is -2.33. The Balaban J connectivity index is 2.00. The first-order valence-electron chi connectivity index (χ1n) is 5.44. The highest BCUT2D eigenvalue weighted by atomic mass is 16.2. The summed E-state index contributed by atoms with van der Waals surface area (Å²) in [5.41, 5.74) is 0. The van der Waals surface area contributed by atoms with E-state index in [0.717, 1.165) is 18.7 Å². The third-order valence-electron chi connectivity index (χ3n) is 2.58. The van der Waals surface area contributed by atoms with Crippen molar-refractivity contribution in [2.75, 3.05) is 0 Å². The maximum absolute atomic E-state index is 11.7. The number of aromatic amines is 1. The normalized spacial score (nSPS) is 16.5. The standard InChI is InChI=1S/C11H14N4O/c1-3-8(4-2)12-11(16)10-13-9(14-15-10)7-5-6-7/h1,7-8H,4-6H2,2H3,(H,12,16)(H,13,14,15). The molecule has 1 atom stereocenters. The molecule has 0 bridgehead atoms. The Morgan fingerprint density at radius 2 is 2.50 bits per heavy atom. The van der Waals surface area contributed by atoms with Gasteiger partial charge in [-0.3, -0.25) is 9.89 Å². The molecule has 1 aliphatic carbocycles. The molecule has 1 heterocycles. The van der Waals surface area contributed by atoms with Crippen molar-refractivity contribution in [1.29, 1.82) is 0 Å². The van der Waals surface area contributed by atoms with Gasteiger partial charge in [0, 0.05) is 5.92 Å². The fourth-order valence-corrected chi connectivity index (χ4v) is 1.40. The highest BCUT2D eigenvalue weighted by Crippen LogP contribution is 2.37. The lowest BCUT2D eigenvalue weighted by atomic mass is 10.2. The first kappa shape index (κ1) is 10.7. The molecule has 5 heteroatoms. The van der Waals surface area contributed by atoms with Gasteiger partial charge >= 0.3 is 0 Å². The number of hydrogen-bond donors (Lipinski definition) is 2. The molecule has 1 amide bonds. The number of aromatic nitrogens is 3. The molecule has 1 saturated carbocycles. The monoisotopic (exact) mass is 218 g/mol. The van der Waals surface area contributed by atoms with E-state index in [0.29, 0.717) is 12.3 Å². The zero-order chi connectivity index (χ0) is 11.5. The SMILES string of the molecule is C#CC(CC)NC(=O)c1n[nH]c(C2CC2)n1. The molecule has 0 aliphatic heterocycles. The molecule has 1 fully saturated rings. The van der Waals surface area contributed by atoms with Gasteiger partial charge in [0.15, 0.2) is 0 Å². The van der Waals surface area contributed by atoms with Crippen molar-refractivity contribution < 1.29 is 4.79 Å². The second kappa shape index (κ2) is 4.35. The molecular weight excluding hydrogens is 204 g/mol. The van der Waals surface area contributed by atoms with Gasteiger partial charge in [-0.25, -0.2) is 4.98 Å². The number of rotatable bonds is 4. The van der Waals surface area contributed by atoms with Gasteiger partial charge in [-0.05, 0) is 19.3 Å². The van der Waals surface area contributed by atoms with Gasteiger partial charge in [-0.2, -0.15) is 0 Å². The minimum Gasteiger partial charge on any atom is -0.336 e. The molecule has 0 saturated heterocycles. The van der Waals surface area contributed by atoms with E-state index in [1.807, 2.05) is 6.92 Å². The molecule has 1 aromatic heterocycles. The van der Waals surface area contributed by atoms with Crippen LogP contribution in [-0.4, -0.2) is 27.1 Å². The van der Waals surface area contributed by atoms with Gasteiger partial charge in [0.25, 0.3) is 5.91 Å². The zero-order valence-corrected chi connectivity index (χ0v) is 9.16. The lowest BCUT2D eigenvalue weighted by molar-refractivity contribution is 0.0935. The molecule has 1 unspecified atom stereocenters. The zero-order valence-electron chi connectivity index (χ0n) is 9.16. The summed E-state index contributed by atoms with van der Waals surface area (Å²) in [5.74, 6) is 3.63. The summed E-state index contributed by atoms with van der Waals surface area (Å²) in [6, 6.07) is -0.254. The molecule has 1 aliphatic rings. The summed E-state index contributed by atoms with van der Waals surface area (Å²) in [7, 11) is 0. The van der Waals surface area contributed by atoms with Crippen molar-refractivity contribution in [2.45, 2.75) is 38.1 Å². The van der Waals surface area contributed by atoms with Crippen LogP contribution in [0.15, 0.2) is 0 Å². The average molecular weight is 218 g/mol. The minimum absolute atomic E-state index is 0.176. The van der Waals surface area contributed by atoms with Crippen LogP contribution in [0.5, 0.6) is 0 Å². The average Bonchev–Trinajstić information content (AvgIpc) is 3.03. The fraction of sp³-hybridized carbons (Fsp3) is 0.545. The smallest absolute Gasteiger partial charge is 0.291 e. The predicted octanol–water partition coefficient (Wildman–Crippen LogP) is 0.824. The number of carbonyl (C=O) groups is 1. The van der Waals surface area contributed by atoms with E-state index in [4.69, 9.17) is 6.42 Å². The molecule has 0 spiro atoms. The van der Waals surface area contributed by atoms with Crippen LogP contribution in [0.25, 0.3) is 0 Å². The third kappa shape index (κ3) is 2.22. The number of amides is 1. The van der Waals surface area contributed by atoms with Gasteiger partial charge in [0.05, 0.1) is 6.04 Å². The number of carbonyl (C=O) groups excluding carboxylic acids is 1. The molecule has 2 N–H and O–H groups in total. The molecule has 0 radical (unpaired) electrons. The second-order valence-electron chi connectivity index (χ2n) is 3.92. The van der Waals surface area contributed by atoms with E-state index >= 15 is 0 Å². The second-order valence-corrected chi connectivity index (χ2v) is 3.92. The van der Waals surface area contributed by atoms with Crippen LogP contribution in [0.1, 0.15) is 48.5 Å². The highest BCUT2D eigenvalue weighted by Gasteiger charge is 2.28. The summed E-state index contributed by atoms with van der Waals surface area (Å²) < 4.78 is 0. The van der Waals surface area contributed by atoms with Crippen molar-refractivity contribution in [1.82, 2.24) is 20.5 Å². The largest absolute Gasteiger partial charge is 0.336 e. The Morgan fingerprint density at radius 1 is 1.75 bits per heavy atom. The maximum atomic E-state index is 11.7. The maximum Gasteiger partial charge on any atom is 0.291 e. The molecule has 1 aromatic rings.